The van der Waals surface area contributed by atoms with Crippen molar-refractivity contribution in [3.8, 4) is 16.4 Å². The van der Waals surface area contributed by atoms with Crippen LogP contribution in [0.1, 0.15) is 30.9 Å². The molecule has 1 amide bonds. The monoisotopic (exact) mass is 398 g/mol. The van der Waals surface area contributed by atoms with Gasteiger partial charge in [-0.2, -0.15) is 0 Å². The van der Waals surface area contributed by atoms with Gasteiger partial charge in [-0.1, -0.05) is 38.1 Å². The summed E-state index contributed by atoms with van der Waals surface area (Å²) in [5.41, 5.74) is 0.796. The van der Waals surface area contributed by atoms with E-state index in [4.69, 9.17) is 4.74 Å². The second-order valence-electron chi connectivity index (χ2n) is 6.66. The lowest BCUT2D eigenvalue weighted by molar-refractivity contribution is -0.143. The van der Waals surface area contributed by atoms with Crippen LogP contribution in [0.25, 0.3) is 16.4 Å². The van der Waals surface area contributed by atoms with Crippen LogP contribution in [-0.2, 0) is 9.53 Å². The summed E-state index contributed by atoms with van der Waals surface area (Å²) in [7, 11) is 1.30. The predicted molar refractivity (Wildman–Crippen MR) is 107 cm³/mol. The molecule has 0 fully saturated rings. The maximum atomic E-state index is 12.8. The van der Waals surface area contributed by atoms with Gasteiger partial charge < -0.3 is 10.1 Å². The Morgan fingerprint density at radius 3 is 2.54 bits per heavy atom. The van der Waals surface area contributed by atoms with E-state index in [1.54, 1.807) is 4.68 Å². The number of methoxy groups -OCH3 is 1. The Bertz CT molecular complexity index is 936. The Hall–Kier alpha value is -3.00. The smallest absolute Gasteiger partial charge is 0.328 e. The summed E-state index contributed by atoms with van der Waals surface area (Å²) in [4.78, 5) is 30.1. The Kier molecular flexibility index (Phi) is 6.20. The van der Waals surface area contributed by atoms with Crippen LogP contribution in [0.15, 0.2) is 47.8 Å². The molecule has 1 atom stereocenters. The van der Waals surface area contributed by atoms with Gasteiger partial charge in [-0.15, -0.1) is 16.4 Å². The predicted octanol–water partition coefficient (Wildman–Crippen LogP) is 3.31. The van der Waals surface area contributed by atoms with E-state index in [0.717, 1.165) is 10.6 Å². The molecule has 2 aromatic heterocycles. The zero-order valence-electron chi connectivity index (χ0n) is 16.0. The number of nitrogens with zero attached hydrogens (tertiary/aromatic N) is 3. The first kappa shape index (κ1) is 19.8. The van der Waals surface area contributed by atoms with Crippen LogP contribution in [-0.4, -0.2) is 39.8 Å². The van der Waals surface area contributed by atoms with Gasteiger partial charge in [0, 0.05) is 0 Å². The number of carbonyl (C=O) groups excluding carboxylic acids is 2. The van der Waals surface area contributed by atoms with Crippen molar-refractivity contribution in [1.29, 1.82) is 0 Å². The molecule has 3 rings (SSSR count). The lowest BCUT2D eigenvalue weighted by atomic mass is 10.0. The number of ether oxygens (including phenoxy) is 1. The molecular formula is C20H22N4O3S. The number of rotatable bonds is 7. The molecule has 2 heterocycles. The molecule has 1 unspecified atom stereocenters. The van der Waals surface area contributed by atoms with Gasteiger partial charge in [-0.05, 0) is 35.9 Å². The number of carbonyl (C=O) groups is 2. The summed E-state index contributed by atoms with van der Waals surface area (Å²) in [6.07, 6.45) is 0.468. The fourth-order valence-electron chi connectivity index (χ4n) is 2.77. The molecular weight excluding hydrogens is 376 g/mol. The van der Waals surface area contributed by atoms with Crippen molar-refractivity contribution in [1.82, 2.24) is 20.1 Å². The number of benzene rings is 1. The number of hydrogen-bond acceptors (Lipinski definition) is 6. The minimum Gasteiger partial charge on any atom is -0.467 e. The number of amides is 1. The zero-order valence-corrected chi connectivity index (χ0v) is 16.8. The van der Waals surface area contributed by atoms with E-state index in [1.807, 2.05) is 61.7 Å². The summed E-state index contributed by atoms with van der Waals surface area (Å²) in [5.74, 6) is -0.206. The van der Waals surface area contributed by atoms with Crippen LogP contribution < -0.4 is 5.32 Å². The van der Waals surface area contributed by atoms with Gasteiger partial charge in [0.1, 0.15) is 6.04 Å². The number of nitrogens with one attached hydrogen (secondary N) is 1. The Morgan fingerprint density at radius 2 is 1.93 bits per heavy atom. The average molecular weight is 398 g/mol. The van der Waals surface area contributed by atoms with Crippen LogP contribution in [0.3, 0.4) is 0 Å². The highest BCUT2D eigenvalue weighted by molar-refractivity contribution is 7.13. The van der Waals surface area contributed by atoms with Crippen molar-refractivity contribution < 1.29 is 14.3 Å². The maximum absolute atomic E-state index is 12.8. The zero-order chi connectivity index (χ0) is 20.1. The van der Waals surface area contributed by atoms with Crippen molar-refractivity contribution in [2.45, 2.75) is 26.3 Å². The van der Waals surface area contributed by atoms with E-state index >= 15 is 0 Å². The van der Waals surface area contributed by atoms with Crippen LogP contribution in [0.4, 0.5) is 0 Å². The van der Waals surface area contributed by atoms with E-state index in [1.165, 1.54) is 18.4 Å². The molecule has 7 nitrogen and oxygen atoms in total. The van der Waals surface area contributed by atoms with Crippen LogP contribution in [0.2, 0.25) is 0 Å². The van der Waals surface area contributed by atoms with E-state index in [-0.39, 0.29) is 11.7 Å². The van der Waals surface area contributed by atoms with Crippen molar-refractivity contribution in [3.05, 3.63) is 53.7 Å². The number of aromatic nitrogens is 3. The third-order valence-corrected chi connectivity index (χ3v) is 4.92. The van der Waals surface area contributed by atoms with Gasteiger partial charge in [0.05, 0.1) is 17.7 Å². The summed E-state index contributed by atoms with van der Waals surface area (Å²) in [6, 6.07) is 12.6. The molecule has 0 aliphatic rings. The molecule has 0 aliphatic heterocycles. The summed E-state index contributed by atoms with van der Waals surface area (Å²) < 4.78 is 6.44. The van der Waals surface area contributed by atoms with Crippen LogP contribution in [0.5, 0.6) is 0 Å². The fraction of sp³-hybridized carbons (Fsp3) is 0.300. The molecule has 0 bridgehead atoms. The molecule has 8 heteroatoms. The normalized spacial score (nSPS) is 12.0. The van der Waals surface area contributed by atoms with E-state index < -0.39 is 17.9 Å². The Labute approximate surface area is 167 Å². The highest BCUT2D eigenvalue weighted by Gasteiger charge is 2.26. The minimum atomic E-state index is -0.744. The number of para-hydroxylation sites is 1. The topological polar surface area (TPSA) is 86.1 Å². The summed E-state index contributed by atoms with van der Waals surface area (Å²) in [6.45, 7) is 3.94. The average Bonchev–Trinajstić information content (AvgIpc) is 3.36. The van der Waals surface area contributed by atoms with Gasteiger partial charge in [-0.3, -0.25) is 4.79 Å². The van der Waals surface area contributed by atoms with Gasteiger partial charge in [0.15, 0.2) is 5.82 Å². The van der Waals surface area contributed by atoms with E-state index in [9.17, 15) is 9.59 Å². The first-order chi connectivity index (χ1) is 13.5. The van der Waals surface area contributed by atoms with Gasteiger partial charge >= 0.3 is 5.97 Å². The van der Waals surface area contributed by atoms with Crippen molar-refractivity contribution in [2.24, 2.45) is 5.92 Å². The molecule has 0 radical (unpaired) electrons. The number of thiophene rings is 1. The summed E-state index contributed by atoms with van der Waals surface area (Å²) in [5, 5.41) is 9.05. The Balaban J connectivity index is 1.93. The largest absolute Gasteiger partial charge is 0.467 e. The Morgan fingerprint density at radius 1 is 1.18 bits per heavy atom. The van der Waals surface area contributed by atoms with Crippen molar-refractivity contribution in [3.63, 3.8) is 0 Å². The van der Waals surface area contributed by atoms with Gasteiger partial charge in [0.25, 0.3) is 5.91 Å². The van der Waals surface area contributed by atoms with Crippen molar-refractivity contribution in [2.75, 3.05) is 7.11 Å². The van der Waals surface area contributed by atoms with Crippen LogP contribution in [0, 0.1) is 5.92 Å². The van der Waals surface area contributed by atoms with E-state index in [2.05, 4.69) is 15.4 Å². The fourth-order valence-corrected chi connectivity index (χ4v) is 3.47. The first-order valence-electron chi connectivity index (χ1n) is 8.94. The van der Waals surface area contributed by atoms with Gasteiger partial charge in [0.2, 0.25) is 5.82 Å². The molecule has 28 heavy (non-hydrogen) atoms. The molecule has 1 aromatic carbocycles. The lowest BCUT2D eigenvalue weighted by Gasteiger charge is -2.17. The second-order valence-corrected chi connectivity index (χ2v) is 7.61. The third kappa shape index (κ3) is 4.45. The molecule has 0 saturated carbocycles. The molecule has 1 N–H and O–H groups in total. The van der Waals surface area contributed by atoms with Gasteiger partial charge in [-0.25, -0.2) is 14.5 Å². The standard InChI is InChI=1S/C20H22N4O3S/c1-13(2)12-15(20(26)27-3)21-19(25)17-22-18(16-10-7-11-28-16)24(23-17)14-8-5-4-6-9-14/h4-11,13,15H,12H2,1-3H3,(H,21,25). The quantitative estimate of drug-likeness (QED) is 0.617. The maximum Gasteiger partial charge on any atom is 0.328 e. The highest BCUT2D eigenvalue weighted by atomic mass is 32.1. The number of hydrogen-bond donors (Lipinski definition) is 1. The first-order valence-corrected chi connectivity index (χ1v) is 9.82. The highest BCUT2D eigenvalue weighted by Crippen LogP contribution is 2.25. The van der Waals surface area contributed by atoms with E-state index in [0.29, 0.717) is 12.2 Å². The second kappa shape index (κ2) is 8.79. The van der Waals surface area contributed by atoms with Crippen LogP contribution >= 0.6 is 11.3 Å². The molecule has 0 spiro atoms. The molecule has 146 valence electrons. The SMILES string of the molecule is COC(=O)C(CC(C)C)NC(=O)c1nc(-c2cccs2)n(-c2ccccc2)n1. The number of esters is 1. The molecule has 3 aromatic rings. The summed E-state index contributed by atoms with van der Waals surface area (Å²) >= 11 is 1.51. The minimum absolute atomic E-state index is 0.00455. The molecule has 0 saturated heterocycles. The van der Waals surface area contributed by atoms with Crippen molar-refractivity contribution >= 4 is 23.2 Å². The lowest BCUT2D eigenvalue weighted by Crippen LogP contribution is -2.42. The molecule has 0 aliphatic carbocycles. The third-order valence-electron chi connectivity index (χ3n) is 4.05.